The zero-order valence-corrected chi connectivity index (χ0v) is 15.9. The van der Waals surface area contributed by atoms with Gasteiger partial charge in [0.15, 0.2) is 5.11 Å². The maximum atomic E-state index is 12.2. The van der Waals surface area contributed by atoms with Crippen molar-refractivity contribution in [1.82, 2.24) is 5.32 Å². The molecule has 1 saturated carbocycles. The molecule has 0 saturated heterocycles. The molecule has 5 nitrogen and oxygen atoms in total. The van der Waals surface area contributed by atoms with E-state index in [-0.39, 0.29) is 17.7 Å². The van der Waals surface area contributed by atoms with Crippen LogP contribution in [0.5, 0.6) is 0 Å². The van der Waals surface area contributed by atoms with Gasteiger partial charge >= 0.3 is 0 Å². The summed E-state index contributed by atoms with van der Waals surface area (Å²) in [4.78, 5) is 24.4. The van der Waals surface area contributed by atoms with Gasteiger partial charge in [0.2, 0.25) is 5.91 Å². The van der Waals surface area contributed by atoms with E-state index in [0.717, 1.165) is 31.4 Å². The van der Waals surface area contributed by atoms with Crippen LogP contribution in [0, 0.1) is 5.92 Å². The van der Waals surface area contributed by atoms with Gasteiger partial charge in [-0.25, -0.2) is 0 Å². The minimum absolute atomic E-state index is 0.000977. The predicted octanol–water partition coefficient (Wildman–Crippen LogP) is 4.33. The lowest BCUT2D eigenvalue weighted by Crippen LogP contribution is -2.38. The zero-order chi connectivity index (χ0) is 19.1. The Morgan fingerprint density at radius 3 is 2.04 bits per heavy atom. The van der Waals surface area contributed by atoms with Crippen LogP contribution in [0.4, 0.5) is 11.4 Å². The summed E-state index contributed by atoms with van der Waals surface area (Å²) in [5.41, 5.74) is 2.04. The van der Waals surface area contributed by atoms with Crippen molar-refractivity contribution in [3.8, 4) is 0 Å². The lowest BCUT2D eigenvalue weighted by Gasteiger charge is -2.21. The molecule has 0 aliphatic heterocycles. The number of rotatable bonds is 4. The van der Waals surface area contributed by atoms with Gasteiger partial charge in [0.05, 0.1) is 0 Å². The number of amides is 2. The highest BCUT2D eigenvalue weighted by Gasteiger charge is 2.21. The highest BCUT2D eigenvalue weighted by Crippen LogP contribution is 2.23. The lowest BCUT2D eigenvalue weighted by atomic mass is 9.89. The molecule has 1 aliphatic carbocycles. The topological polar surface area (TPSA) is 70.2 Å². The molecule has 0 atom stereocenters. The molecule has 140 valence electrons. The fourth-order valence-corrected chi connectivity index (χ4v) is 3.39. The van der Waals surface area contributed by atoms with Gasteiger partial charge in [0.1, 0.15) is 0 Å². The van der Waals surface area contributed by atoms with Crippen molar-refractivity contribution in [2.24, 2.45) is 5.92 Å². The Kier molecular flexibility index (Phi) is 6.54. The van der Waals surface area contributed by atoms with Crippen LogP contribution in [0.15, 0.2) is 54.6 Å². The van der Waals surface area contributed by atoms with Gasteiger partial charge in [-0.15, -0.1) is 0 Å². The molecule has 0 unspecified atom stereocenters. The van der Waals surface area contributed by atoms with E-state index in [0.29, 0.717) is 16.4 Å². The molecule has 0 bridgehead atoms. The van der Waals surface area contributed by atoms with E-state index in [9.17, 15) is 9.59 Å². The second-order valence-electron chi connectivity index (χ2n) is 6.68. The van der Waals surface area contributed by atoms with Crippen molar-refractivity contribution in [1.29, 1.82) is 0 Å². The van der Waals surface area contributed by atoms with Crippen LogP contribution in [0.2, 0.25) is 0 Å². The molecule has 3 N–H and O–H groups in total. The van der Waals surface area contributed by atoms with E-state index < -0.39 is 0 Å². The van der Waals surface area contributed by atoms with Crippen LogP contribution >= 0.6 is 12.2 Å². The molecule has 1 fully saturated rings. The first kappa shape index (κ1) is 19.0. The fourth-order valence-electron chi connectivity index (χ4n) is 3.17. The Morgan fingerprint density at radius 2 is 1.41 bits per heavy atom. The van der Waals surface area contributed by atoms with Gasteiger partial charge in [-0.05, 0) is 61.5 Å². The number of carbonyl (C=O) groups is 2. The van der Waals surface area contributed by atoms with Gasteiger partial charge in [0, 0.05) is 22.9 Å². The van der Waals surface area contributed by atoms with E-state index in [1.54, 1.807) is 36.4 Å². The average Bonchev–Trinajstić information content (AvgIpc) is 2.70. The molecule has 3 rings (SSSR count). The molecule has 2 amide bonds. The third-order valence-electron chi connectivity index (χ3n) is 4.65. The van der Waals surface area contributed by atoms with Crippen LogP contribution < -0.4 is 16.0 Å². The molecule has 0 aromatic heterocycles. The molecule has 6 heteroatoms. The average molecular weight is 382 g/mol. The minimum atomic E-state index is -0.161. The third kappa shape index (κ3) is 5.62. The first-order valence-electron chi connectivity index (χ1n) is 9.20. The molecule has 0 heterocycles. The number of hydrogen-bond acceptors (Lipinski definition) is 3. The molecular weight excluding hydrogens is 358 g/mol. The van der Waals surface area contributed by atoms with Crippen molar-refractivity contribution >= 4 is 40.5 Å². The quantitative estimate of drug-likeness (QED) is 0.690. The second-order valence-corrected chi connectivity index (χ2v) is 7.08. The monoisotopic (exact) mass is 381 g/mol. The van der Waals surface area contributed by atoms with Crippen molar-refractivity contribution in [3.05, 3.63) is 60.2 Å². The maximum Gasteiger partial charge on any atom is 0.255 e. The first-order chi connectivity index (χ1) is 13.1. The molecule has 1 aliphatic rings. The summed E-state index contributed by atoms with van der Waals surface area (Å²) >= 11 is 5.24. The molecule has 27 heavy (non-hydrogen) atoms. The van der Waals surface area contributed by atoms with E-state index >= 15 is 0 Å². The van der Waals surface area contributed by atoms with Crippen LogP contribution in [0.25, 0.3) is 0 Å². The van der Waals surface area contributed by atoms with E-state index in [2.05, 4.69) is 16.0 Å². The van der Waals surface area contributed by atoms with Gasteiger partial charge < -0.3 is 16.0 Å². The molecular formula is C21H23N3O2S. The molecule has 2 aromatic rings. The third-order valence-corrected chi connectivity index (χ3v) is 4.85. The smallest absolute Gasteiger partial charge is 0.255 e. The number of thiocarbonyl (C=S) groups is 1. The largest absolute Gasteiger partial charge is 0.332 e. The number of nitrogens with one attached hydrogen (secondary N) is 3. The summed E-state index contributed by atoms with van der Waals surface area (Å²) in [5.74, 6) is -0.0976. The van der Waals surface area contributed by atoms with E-state index in [4.69, 9.17) is 12.2 Å². The minimum Gasteiger partial charge on any atom is -0.332 e. The highest BCUT2D eigenvalue weighted by molar-refractivity contribution is 7.80. The summed E-state index contributed by atoms with van der Waals surface area (Å²) in [5, 5.41) is 8.93. The zero-order valence-electron chi connectivity index (χ0n) is 15.0. The first-order valence-corrected chi connectivity index (χ1v) is 9.61. The Morgan fingerprint density at radius 1 is 0.815 bits per heavy atom. The van der Waals surface area contributed by atoms with Crippen LogP contribution in [-0.2, 0) is 4.79 Å². The maximum absolute atomic E-state index is 12.2. The number of carbonyl (C=O) groups excluding carboxylic acids is 2. The van der Waals surface area contributed by atoms with Gasteiger partial charge in [-0.1, -0.05) is 37.5 Å². The van der Waals surface area contributed by atoms with Crippen molar-refractivity contribution in [2.45, 2.75) is 32.1 Å². The summed E-state index contributed by atoms with van der Waals surface area (Å²) in [7, 11) is 0. The summed E-state index contributed by atoms with van der Waals surface area (Å²) in [6, 6.07) is 16.2. The van der Waals surface area contributed by atoms with Gasteiger partial charge in [-0.2, -0.15) is 0 Å². The fraction of sp³-hybridized carbons (Fsp3) is 0.286. The summed E-state index contributed by atoms with van der Waals surface area (Å²) < 4.78 is 0. The Hall–Kier alpha value is -2.73. The Labute approximate surface area is 164 Å². The second kappa shape index (κ2) is 9.28. The lowest BCUT2D eigenvalue weighted by molar-refractivity contribution is -0.124. The van der Waals surface area contributed by atoms with Crippen LogP contribution in [0.3, 0.4) is 0 Å². The van der Waals surface area contributed by atoms with Crippen molar-refractivity contribution < 1.29 is 9.59 Å². The van der Waals surface area contributed by atoms with E-state index in [1.807, 2.05) is 18.2 Å². The predicted molar refractivity (Wildman–Crippen MR) is 112 cm³/mol. The van der Waals surface area contributed by atoms with Gasteiger partial charge in [0.25, 0.3) is 5.91 Å². The van der Waals surface area contributed by atoms with E-state index in [1.165, 1.54) is 6.42 Å². The SMILES string of the molecule is O=C(Nc1ccc(NC(=S)NC(=O)C2CCCCC2)cc1)c1ccccc1. The molecule has 2 aromatic carbocycles. The van der Waals surface area contributed by atoms with Crippen molar-refractivity contribution in [2.75, 3.05) is 10.6 Å². The highest BCUT2D eigenvalue weighted by atomic mass is 32.1. The Bertz CT molecular complexity index is 800. The summed E-state index contributed by atoms with van der Waals surface area (Å²) in [6.45, 7) is 0. The standard InChI is InChI=1S/C21H23N3O2S/c25-19(15-7-3-1-4-8-15)22-17-11-13-18(14-12-17)23-21(27)24-20(26)16-9-5-2-6-10-16/h1,3-4,7-8,11-14,16H,2,5-6,9-10H2,(H,22,25)(H2,23,24,26,27). The van der Waals surface area contributed by atoms with Crippen molar-refractivity contribution in [3.63, 3.8) is 0 Å². The van der Waals surface area contributed by atoms with Crippen LogP contribution in [-0.4, -0.2) is 16.9 Å². The molecule has 0 spiro atoms. The number of benzene rings is 2. The Balaban J connectivity index is 1.50. The summed E-state index contributed by atoms with van der Waals surface area (Å²) in [6.07, 6.45) is 5.29. The number of anilines is 2. The number of hydrogen-bond donors (Lipinski definition) is 3. The molecule has 0 radical (unpaired) electrons. The van der Waals surface area contributed by atoms with Gasteiger partial charge in [-0.3, -0.25) is 9.59 Å². The normalized spacial score (nSPS) is 14.2. The van der Waals surface area contributed by atoms with Crippen LogP contribution in [0.1, 0.15) is 42.5 Å².